The lowest BCUT2D eigenvalue weighted by Crippen LogP contribution is -2.44. The molecular weight excluding hydrogens is 256 g/mol. The Morgan fingerprint density at radius 2 is 2.37 bits per heavy atom. The normalized spacial score (nSPS) is 30.3. The molecule has 19 heavy (non-hydrogen) atoms. The van der Waals surface area contributed by atoms with E-state index in [1.165, 1.54) is 25.7 Å². The number of hydrogen-bond acceptors (Lipinski definition) is 2. The molecule has 2 aliphatic rings. The molecule has 0 spiro atoms. The summed E-state index contributed by atoms with van der Waals surface area (Å²) in [5, 5.41) is 7.40. The second-order valence-corrected chi connectivity index (χ2v) is 6.44. The Labute approximate surface area is 120 Å². The van der Waals surface area contributed by atoms with Gasteiger partial charge in [-0.3, -0.25) is 0 Å². The van der Waals surface area contributed by atoms with Gasteiger partial charge < -0.3 is 15.1 Å². The predicted octanol–water partition coefficient (Wildman–Crippen LogP) is 3.07. The summed E-state index contributed by atoms with van der Waals surface area (Å²) in [6.07, 6.45) is 7.40. The number of rotatable bonds is 4. The van der Waals surface area contributed by atoms with E-state index in [9.17, 15) is 0 Å². The smallest absolute Gasteiger partial charge is 0.166 e. The van der Waals surface area contributed by atoms with Gasteiger partial charge in [0.05, 0.1) is 12.8 Å². The minimum absolute atomic E-state index is 0.479. The van der Waals surface area contributed by atoms with Crippen molar-refractivity contribution < 1.29 is 4.42 Å². The molecule has 2 saturated carbocycles. The number of fused-ring (bicyclic) bond motifs is 2. The Balaban J connectivity index is 1.44. The summed E-state index contributed by atoms with van der Waals surface area (Å²) in [6, 6.07) is 4.33. The van der Waals surface area contributed by atoms with Gasteiger partial charge in [-0.1, -0.05) is 6.42 Å². The standard InChI is InChI=1S/C15H22N2OS/c1-10(14-8-11-4-5-12(14)7-11)17-15(19)16-9-13-3-2-6-18-13/h2-3,6,10-12,14H,4-5,7-9H2,1H3,(H2,16,17,19). The summed E-state index contributed by atoms with van der Waals surface area (Å²) in [6.45, 7) is 2.93. The summed E-state index contributed by atoms with van der Waals surface area (Å²) in [5.74, 6) is 3.64. The van der Waals surface area contributed by atoms with Gasteiger partial charge in [-0.05, 0) is 68.3 Å². The first-order valence-electron chi connectivity index (χ1n) is 7.29. The number of furan rings is 1. The van der Waals surface area contributed by atoms with E-state index in [0.29, 0.717) is 12.6 Å². The van der Waals surface area contributed by atoms with Gasteiger partial charge in [0.15, 0.2) is 5.11 Å². The SMILES string of the molecule is CC(NC(=S)NCc1ccco1)C1CC2CCC1C2. The third kappa shape index (κ3) is 2.94. The molecule has 3 nitrogen and oxygen atoms in total. The van der Waals surface area contributed by atoms with E-state index >= 15 is 0 Å². The zero-order valence-corrected chi connectivity index (χ0v) is 12.2. The van der Waals surface area contributed by atoms with Crippen LogP contribution < -0.4 is 10.6 Å². The molecule has 0 aliphatic heterocycles. The van der Waals surface area contributed by atoms with Gasteiger partial charge >= 0.3 is 0 Å². The van der Waals surface area contributed by atoms with Crippen molar-refractivity contribution in [3.05, 3.63) is 24.2 Å². The molecule has 3 rings (SSSR count). The highest BCUT2D eigenvalue weighted by atomic mass is 32.1. The second-order valence-electron chi connectivity index (χ2n) is 6.03. The van der Waals surface area contributed by atoms with Gasteiger partial charge in [0.25, 0.3) is 0 Å². The second kappa shape index (κ2) is 5.53. The third-order valence-corrected chi connectivity index (χ3v) is 5.06. The molecule has 4 atom stereocenters. The molecule has 1 aromatic rings. The van der Waals surface area contributed by atoms with Crippen LogP contribution in [0.25, 0.3) is 0 Å². The Morgan fingerprint density at radius 1 is 1.47 bits per heavy atom. The molecule has 4 unspecified atom stereocenters. The monoisotopic (exact) mass is 278 g/mol. The van der Waals surface area contributed by atoms with Crippen molar-refractivity contribution in [2.75, 3.05) is 0 Å². The van der Waals surface area contributed by atoms with Crippen molar-refractivity contribution >= 4 is 17.3 Å². The quantitative estimate of drug-likeness (QED) is 0.830. The summed E-state index contributed by atoms with van der Waals surface area (Å²) in [4.78, 5) is 0. The van der Waals surface area contributed by atoms with Gasteiger partial charge in [-0.25, -0.2) is 0 Å². The summed E-state index contributed by atoms with van der Waals surface area (Å²) >= 11 is 5.36. The maximum Gasteiger partial charge on any atom is 0.166 e. The van der Waals surface area contributed by atoms with Crippen LogP contribution in [-0.2, 0) is 6.54 Å². The minimum Gasteiger partial charge on any atom is -0.467 e. The molecule has 2 fully saturated rings. The maximum atomic E-state index is 5.36. The van der Waals surface area contributed by atoms with Crippen LogP contribution in [0, 0.1) is 17.8 Å². The molecule has 4 heteroatoms. The summed E-state index contributed by atoms with van der Waals surface area (Å²) in [7, 11) is 0. The van der Waals surface area contributed by atoms with Crippen LogP contribution in [0.4, 0.5) is 0 Å². The minimum atomic E-state index is 0.479. The maximum absolute atomic E-state index is 5.36. The van der Waals surface area contributed by atoms with Crippen LogP contribution in [0.3, 0.4) is 0 Å². The highest BCUT2D eigenvalue weighted by Crippen LogP contribution is 2.49. The van der Waals surface area contributed by atoms with Crippen molar-refractivity contribution in [2.24, 2.45) is 17.8 Å². The molecule has 0 radical (unpaired) electrons. The molecule has 104 valence electrons. The Morgan fingerprint density at radius 3 is 3.00 bits per heavy atom. The van der Waals surface area contributed by atoms with Crippen molar-refractivity contribution in [1.82, 2.24) is 10.6 Å². The van der Waals surface area contributed by atoms with E-state index in [1.54, 1.807) is 6.26 Å². The van der Waals surface area contributed by atoms with Crippen LogP contribution >= 0.6 is 12.2 Å². The lowest BCUT2D eigenvalue weighted by atomic mass is 9.84. The first-order valence-corrected chi connectivity index (χ1v) is 7.70. The van der Waals surface area contributed by atoms with Crippen LogP contribution in [0.5, 0.6) is 0 Å². The van der Waals surface area contributed by atoms with Crippen LogP contribution in [0.2, 0.25) is 0 Å². The van der Waals surface area contributed by atoms with E-state index in [4.69, 9.17) is 16.6 Å². The van der Waals surface area contributed by atoms with Crippen molar-refractivity contribution in [3.63, 3.8) is 0 Å². The zero-order valence-electron chi connectivity index (χ0n) is 11.4. The summed E-state index contributed by atoms with van der Waals surface area (Å²) in [5.41, 5.74) is 0. The fourth-order valence-electron chi connectivity index (χ4n) is 3.85. The van der Waals surface area contributed by atoms with Gasteiger partial charge in [-0.2, -0.15) is 0 Å². The predicted molar refractivity (Wildman–Crippen MR) is 79.7 cm³/mol. The molecule has 0 saturated heterocycles. The average molecular weight is 278 g/mol. The van der Waals surface area contributed by atoms with Crippen LogP contribution in [0.15, 0.2) is 22.8 Å². The van der Waals surface area contributed by atoms with Gasteiger partial charge in [0.1, 0.15) is 5.76 Å². The fraction of sp³-hybridized carbons (Fsp3) is 0.667. The molecule has 1 heterocycles. The summed E-state index contributed by atoms with van der Waals surface area (Å²) < 4.78 is 5.28. The first-order chi connectivity index (χ1) is 9.22. The van der Waals surface area contributed by atoms with Crippen molar-refractivity contribution in [2.45, 2.75) is 45.2 Å². The van der Waals surface area contributed by atoms with E-state index in [0.717, 1.165) is 28.6 Å². The van der Waals surface area contributed by atoms with Crippen LogP contribution in [0.1, 0.15) is 38.4 Å². The largest absolute Gasteiger partial charge is 0.467 e. The topological polar surface area (TPSA) is 37.2 Å². The molecule has 0 amide bonds. The van der Waals surface area contributed by atoms with Gasteiger partial charge in [0.2, 0.25) is 0 Å². The van der Waals surface area contributed by atoms with Crippen LogP contribution in [-0.4, -0.2) is 11.2 Å². The zero-order chi connectivity index (χ0) is 13.2. The van der Waals surface area contributed by atoms with E-state index < -0.39 is 0 Å². The fourth-order valence-corrected chi connectivity index (χ4v) is 4.11. The first kappa shape index (κ1) is 13.0. The molecule has 1 aromatic heterocycles. The highest BCUT2D eigenvalue weighted by molar-refractivity contribution is 7.80. The number of nitrogens with one attached hydrogen (secondary N) is 2. The van der Waals surface area contributed by atoms with E-state index in [1.807, 2.05) is 12.1 Å². The highest BCUT2D eigenvalue weighted by Gasteiger charge is 2.41. The molecule has 2 aliphatic carbocycles. The lowest BCUT2D eigenvalue weighted by Gasteiger charge is -2.29. The number of hydrogen-bond donors (Lipinski definition) is 2. The molecule has 2 bridgehead atoms. The lowest BCUT2D eigenvalue weighted by molar-refractivity contribution is 0.278. The van der Waals surface area contributed by atoms with Gasteiger partial charge in [0, 0.05) is 6.04 Å². The average Bonchev–Trinajstić information content (AvgIpc) is 3.13. The Kier molecular flexibility index (Phi) is 3.78. The molecule has 0 aromatic carbocycles. The van der Waals surface area contributed by atoms with E-state index in [2.05, 4.69) is 17.6 Å². The van der Waals surface area contributed by atoms with Crippen molar-refractivity contribution in [3.8, 4) is 0 Å². The number of thiocarbonyl (C=S) groups is 1. The third-order valence-electron chi connectivity index (χ3n) is 4.80. The Hall–Kier alpha value is -1.03. The van der Waals surface area contributed by atoms with Gasteiger partial charge in [-0.15, -0.1) is 0 Å². The molecular formula is C15H22N2OS. The van der Waals surface area contributed by atoms with E-state index in [-0.39, 0.29) is 0 Å². The molecule has 2 N–H and O–H groups in total. The Bertz CT molecular complexity index is 431. The van der Waals surface area contributed by atoms with Crippen molar-refractivity contribution in [1.29, 1.82) is 0 Å².